The van der Waals surface area contributed by atoms with E-state index in [9.17, 15) is 0 Å². The first-order valence-electron chi connectivity index (χ1n) is 4.62. The number of rotatable bonds is 3. The van der Waals surface area contributed by atoms with Gasteiger partial charge in [-0.25, -0.2) is 0 Å². The normalized spacial score (nSPS) is 6.71. The number of nitrogens with two attached hydrogens (primary N) is 2. The van der Waals surface area contributed by atoms with Crippen LogP contribution >= 0.6 is 0 Å². The number of pyridine rings is 1. The number of nitriles is 2. The molecule has 1 aromatic rings. The summed E-state index contributed by atoms with van der Waals surface area (Å²) in [5, 5.41) is 14.2. The maximum absolute atomic E-state index is 7.10. The summed E-state index contributed by atoms with van der Waals surface area (Å²) in [6.07, 6.45) is 11.0. The molecule has 0 radical (unpaired) electrons. The summed E-state index contributed by atoms with van der Waals surface area (Å²) in [6.45, 7) is 7.32. The molecule has 88 valence electrons. The van der Waals surface area contributed by atoms with Crippen LogP contribution in [0.3, 0.4) is 0 Å². The molecule has 0 aliphatic carbocycles. The first-order chi connectivity index (χ1) is 8.19. The number of hydrogen-bond donors (Lipinski definition) is 2. The average Bonchev–Trinajstić information content (AvgIpc) is 2.32. The highest BCUT2D eigenvalue weighted by atomic mass is 14.9. The van der Waals surface area contributed by atoms with Crippen LogP contribution in [0.25, 0.3) is 6.20 Å². The van der Waals surface area contributed by atoms with Crippen molar-refractivity contribution in [1.29, 1.82) is 10.5 Å². The molecule has 0 aromatic carbocycles. The van der Waals surface area contributed by atoms with Crippen molar-refractivity contribution in [2.24, 2.45) is 11.5 Å². The fourth-order valence-electron chi connectivity index (χ4n) is 0.893. The molecule has 17 heavy (non-hydrogen) atoms. The van der Waals surface area contributed by atoms with Crippen molar-refractivity contribution >= 4 is 6.20 Å². The summed E-state index contributed by atoms with van der Waals surface area (Å²) < 4.78 is 1.91. The lowest BCUT2D eigenvalue weighted by molar-refractivity contribution is -0.568. The Labute approximate surface area is 102 Å². The predicted octanol–water partition coefficient (Wildman–Crippen LogP) is 0.655. The molecule has 0 bridgehead atoms. The van der Waals surface area contributed by atoms with Gasteiger partial charge in [0.15, 0.2) is 31.0 Å². The van der Waals surface area contributed by atoms with Crippen molar-refractivity contribution in [3.63, 3.8) is 0 Å². The molecule has 0 amide bonds. The topological polar surface area (TPSA) is 103 Å². The molecule has 5 heteroatoms. The molecule has 1 rings (SSSR count). The van der Waals surface area contributed by atoms with E-state index in [2.05, 4.69) is 36.8 Å². The first kappa shape index (κ1) is 16.6. The quantitative estimate of drug-likeness (QED) is 0.344. The number of nitrogens with zero attached hydrogens (tertiary/aromatic N) is 3. The number of aromatic nitrogens is 1. The van der Waals surface area contributed by atoms with Gasteiger partial charge in [-0.1, -0.05) is 6.08 Å². The molecule has 0 fully saturated rings. The Balaban J connectivity index is 0. The fraction of sp³-hybridized carbons (Fsp3) is 0.0833. The molecule has 0 unspecified atom stereocenters. The van der Waals surface area contributed by atoms with E-state index in [-0.39, 0.29) is 0 Å². The second kappa shape index (κ2) is 13.2. The lowest BCUT2D eigenvalue weighted by Crippen LogP contribution is -2.23. The smallest absolute Gasteiger partial charge is 0.174 e. The molecule has 5 nitrogen and oxygen atoms in total. The van der Waals surface area contributed by atoms with Crippen LogP contribution in [-0.2, 0) is 6.42 Å². The van der Waals surface area contributed by atoms with Crippen LogP contribution in [0.5, 0.6) is 0 Å². The van der Waals surface area contributed by atoms with Crippen molar-refractivity contribution in [3.8, 4) is 12.4 Å². The van der Waals surface area contributed by atoms with Gasteiger partial charge in [-0.15, -0.1) is 6.58 Å². The second-order valence-electron chi connectivity index (χ2n) is 2.59. The van der Waals surface area contributed by atoms with E-state index < -0.39 is 0 Å². The van der Waals surface area contributed by atoms with Gasteiger partial charge in [0, 0.05) is 12.1 Å². The summed E-state index contributed by atoms with van der Waals surface area (Å²) in [5.41, 5.74) is 9.58. The molecule has 0 spiro atoms. The molecular weight excluding hydrogens is 214 g/mol. The molecule has 1 heterocycles. The van der Waals surface area contributed by atoms with Crippen LogP contribution in [0.15, 0.2) is 43.8 Å². The summed E-state index contributed by atoms with van der Waals surface area (Å²) in [5.74, 6) is 0. The standard InChI is InChI=1S/C10H12N.2CH2N2/c1-3-5-10-6-8-11(4-2)9-7-10;2*2-1-3/h3-4,6-9H,1-2,5H2;2*2H2/q+1;;. The van der Waals surface area contributed by atoms with Crippen LogP contribution in [0.2, 0.25) is 0 Å². The lowest BCUT2D eigenvalue weighted by Gasteiger charge is -1.91. The number of hydrogen-bond acceptors (Lipinski definition) is 4. The van der Waals surface area contributed by atoms with Gasteiger partial charge in [-0.2, -0.15) is 15.1 Å². The molecule has 0 saturated heterocycles. The Morgan fingerprint density at radius 3 is 1.88 bits per heavy atom. The summed E-state index contributed by atoms with van der Waals surface area (Å²) in [6, 6.07) is 4.12. The van der Waals surface area contributed by atoms with Crippen LogP contribution in [0.1, 0.15) is 5.56 Å². The van der Waals surface area contributed by atoms with E-state index in [1.165, 1.54) is 17.9 Å². The molecule has 0 saturated carbocycles. The van der Waals surface area contributed by atoms with Crippen molar-refractivity contribution in [3.05, 3.63) is 49.3 Å². The monoisotopic (exact) mass is 230 g/mol. The van der Waals surface area contributed by atoms with Crippen LogP contribution in [0.4, 0.5) is 0 Å². The van der Waals surface area contributed by atoms with E-state index >= 15 is 0 Å². The molecule has 4 N–H and O–H groups in total. The Morgan fingerprint density at radius 1 is 1.18 bits per heavy atom. The first-order valence-corrected chi connectivity index (χ1v) is 4.62. The lowest BCUT2D eigenvalue weighted by atomic mass is 10.2. The zero-order valence-corrected chi connectivity index (χ0v) is 9.58. The van der Waals surface area contributed by atoms with Gasteiger partial charge < -0.3 is 11.5 Å². The van der Waals surface area contributed by atoms with E-state index in [4.69, 9.17) is 10.5 Å². The largest absolute Gasteiger partial charge is 0.337 e. The zero-order valence-electron chi connectivity index (χ0n) is 9.58. The predicted molar refractivity (Wildman–Crippen MR) is 66.5 cm³/mol. The van der Waals surface area contributed by atoms with Crippen molar-refractivity contribution in [1.82, 2.24) is 0 Å². The molecule has 0 atom stereocenters. The van der Waals surface area contributed by atoms with Crippen molar-refractivity contribution in [2.75, 3.05) is 0 Å². The average molecular weight is 230 g/mol. The fourth-order valence-corrected chi connectivity index (χ4v) is 0.893. The SMILES string of the molecule is C=CCc1cc[n+](C=C)cc1.N#CN.N#CN. The second-order valence-corrected chi connectivity index (χ2v) is 2.59. The van der Waals surface area contributed by atoms with Gasteiger partial charge in [0.1, 0.15) is 0 Å². The Kier molecular flexibility index (Phi) is 12.9. The van der Waals surface area contributed by atoms with E-state index in [0.717, 1.165) is 6.42 Å². The van der Waals surface area contributed by atoms with Gasteiger partial charge in [0.05, 0.1) is 0 Å². The Hall–Kier alpha value is -2.79. The van der Waals surface area contributed by atoms with Crippen molar-refractivity contribution in [2.45, 2.75) is 6.42 Å². The summed E-state index contributed by atoms with van der Waals surface area (Å²) in [4.78, 5) is 0. The minimum atomic E-state index is 0.929. The van der Waals surface area contributed by atoms with Gasteiger partial charge in [0.2, 0.25) is 0 Å². The summed E-state index contributed by atoms with van der Waals surface area (Å²) >= 11 is 0. The highest BCUT2D eigenvalue weighted by molar-refractivity contribution is 5.12. The van der Waals surface area contributed by atoms with E-state index in [0.29, 0.717) is 0 Å². The highest BCUT2D eigenvalue weighted by Crippen LogP contribution is 1.96. The van der Waals surface area contributed by atoms with Gasteiger partial charge in [-0.05, 0) is 18.6 Å². The molecule has 0 aliphatic heterocycles. The maximum Gasteiger partial charge on any atom is 0.174 e. The third kappa shape index (κ3) is 11.1. The molecule has 1 aromatic heterocycles. The third-order valence-electron chi connectivity index (χ3n) is 1.51. The summed E-state index contributed by atoms with van der Waals surface area (Å²) in [7, 11) is 0. The third-order valence-corrected chi connectivity index (χ3v) is 1.51. The maximum atomic E-state index is 7.10. The minimum Gasteiger partial charge on any atom is -0.337 e. The van der Waals surface area contributed by atoms with E-state index in [1.54, 1.807) is 6.20 Å². The Morgan fingerprint density at radius 2 is 1.59 bits per heavy atom. The molecule has 0 aliphatic rings. The van der Waals surface area contributed by atoms with Crippen LogP contribution < -0.4 is 16.0 Å². The van der Waals surface area contributed by atoms with Crippen molar-refractivity contribution < 1.29 is 4.57 Å². The van der Waals surface area contributed by atoms with Crippen LogP contribution in [-0.4, -0.2) is 0 Å². The van der Waals surface area contributed by atoms with Crippen LogP contribution in [0, 0.1) is 22.9 Å². The van der Waals surface area contributed by atoms with Gasteiger partial charge in [0.25, 0.3) is 0 Å². The van der Waals surface area contributed by atoms with Gasteiger partial charge in [-0.3, -0.25) is 0 Å². The minimum absolute atomic E-state index is 0.929. The molecular formula is C12H16N5+. The zero-order chi connectivity index (χ0) is 13.5. The highest BCUT2D eigenvalue weighted by Gasteiger charge is 1.93. The van der Waals surface area contributed by atoms with E-state index in [1.807, 2.05) is 23.0 Å². The van der Waals surface area contributed by atoms with Gasteiger partial charge >= 0.3 is 0 Å². The number of allylic oxidation sites excluding steroid dienone is 1. The Bertz CT molecular complexity index is 382.